The third-order valence-electron chi connectivity index (χ3n) is 5.07. The highest BCUT2D eigenvalue weighted by Crippen LogP contribution is 2.43. The monoisotopic (exact) mass is 252 g/mol. The summed E-state index contributed by atoms with van der Waals surface area (Å²) in [6.45, 7) is 10.1. The van der Waals surface area contributed by atoms with Crippen molar-refractivity contribution in [2.75, 3.05) is 0 Å². The Morgan fingerprint density at radius 3 is 2.06 bits per heavy atom. The minimum absolute atomic E-state index is 0.207. The molecule has 1 N–H and O–H groups in total. The molecule has 0 aromatic rings. The van der Waals surface area contributed by atoms with Crippen molar-refractivity contribution in [1.29, 1.82) is 5.26 Å². The molecular formula is C15H28N2O. The van der Waals surface area contributed by atoms with Crippen LogP contribution in [0.2, 0.25) is 0 Å². The molecule has 0 aromatic heterocycles. The molecule has 1 rings (SSSR count). The highest BCUT2D eigenvalue weighted by molar-refractivity contribution is 5.10. The molecule has 3 nitrogen and oxygen atoms in total. The van der Waals surface area contributed by atoms with E-state index in [0.29, 0.717) is 0 Å². The zero-order chi connectivity index (χ0) is 14.0. The lowest BCUT2D eigenvalue weighted by Crippen LogP contribution is -2.61. The summed E-state index contributed by atoms with van der Waals surface area (Å²) in [6, 6.07) is 2.59. The maximum absolute atomic E-state index is 10.7. The van der Waals surface area contributed by atoms with Crippen LogP contribution in [0.15, 0.2) is 0 Å². The molecule has 0 aromatic carbocycles. The van der Waals surface area contributed by atoms with E-state index in [1.165, 1.54) is 24.3 Å². The summed E-state index contributed by atoms with van der Waals surface area (Å²) in [4.78, 5) is 0. The van der Waals surface area contributed by atoms with Crippen LogP contribution < -0.4 is 0 Å². The molecule has 104 valence electrons. The summed E-state index contributed by atoms with van der Waals surface area (Å²) in [5, 5.41) is 21.7. The van der Waals surface area contributed by atoms with E-state index in [4.69, 9.17) is 0 Å². The van der Waals surface area contributed by atoms with Gasteiger partial charge in [-0.2, -0.15) is 10.3 Å². The van der Waals surface area contributed by atoms with Crippen LogP contribution in [0.3, 0.4) is 0 Å². The molecule has 1 aliphatic rings. The Morgan fingerprint density at radius 2 is 1.67 bits per heavy atom. The van der Waals surface area contributed by atoms with Crippen LogP contribution in [-0.4, -0.2) is 21.9 Å². The summed E-state index contributed by atoms with van der Waals surface area (Å²) < 4.78 is 0. The molecule has 0 radical (unpaired) electrons. The number of hydroxylamine groups is 2. The first kappa shape index (κ1) is 15.5. The fourth-order valence-corrected chi connectivity index (χ4v) is 3.09. The third kappa shape index (κ3) is 2.55. The van der Waals surface area contributed by atoms with Gasteiger partial charge in [0.25, 0.3) is 0 Å². The van der Waals surface area contributed by atoms with Crippen molar-refractivity contribution in [3.63, 3.8) is 0 Å². The van der Waals surface area contributed by atoms with Gasteiger partial charge < -0.3 is 5.21 Å². The topological polar surface area (TPSA) is 47.3 Å². The lowest BCUT2D eigenvalue weighted by atomic mass is 9.67. The van der Waals surface area contributed by atoms with Crippen LogP contribution >= 0.6 is 0 Å². The van der Waals surface area contributed by atoms with Crippen molar-refractivity contribution in [3.8, 4) is 6.07 Å². The number of hydrogen-bond acceptors (Lipinski definition) is 3. The molecule has 0 saturated heterocycles. The molecule has 1 aliphatic carbocycles. The molecule has 18 heavy (non-hydrogen) atoms. The maximum Gasteiger partial charge on any atom is 0.0724 e. The predicted octanol–water partition coefficient (Wildman–Crippen LogP) is 3.97. The molecule has 1 fully saturated rings. The largest absolute Gasteiger partial charge is 0.313 e. The van der Waals surface area contributed by atoms with E-state index in [1.54, 1.807) is 0 Å². The van der Waals surface area contributed by atoms with Gasteiger partial charge >= 0.3 is 0 Å². The SMILES string of the molecule is CC(C)C(C)(N(O)C1CCCCC1)C(C)(C)C#N. The van der Waals surface area contributed by atoms with Crippen molar-refractivity contribution in [1.82, 2.24) is 5.06 Å². The van der Waals surface area contributed by atoms with Crippen LogP contribution in [-0.2, 0) is 0 Å². The fraction of sp³-hybridized carbons (Fsp3) is 0.933. The molecule has 0 spiro atoms. The highest BCUT2D eigenvalue weighted by atomic mass is 16.5. The molecule has 1 unspecified atom stereocenters. The van der Waals surface area contributed by atoms with Gasteiger partial charge in [0.1, 0.15) is 0 Å². The van der Waals surface area contributed by atoms with E-state index in [1.807, 2.05) is 20.8 Å². The van der Waals surface area contributed by atoms with Gasteiger partial charge in [0.15, 0.2) is 0 Å². The van der Waals surface area contributed by atoms with E-state index >= 15 is 0 Å². The van der Waals surface area contributed by atoms with Crippen LogP contribution in [0.5, 0.6) is 0 Å². The number of nitriles is 1. The van der Waals surface area contributed by atoms with Gasteiger partial charge in [-0.3, -0.25) is 0 Å². The van der Waals surface area contributed by atoms with Crippen molar-refractivity contribution < 1.29 is 5.21 Å². The number of hydrogen-bond donors (Lipinski definition) is 1. The Morgan fingerprint density at radius 1 is 1.17 bits per heavy atom. The van der Waals surface area contributed by atoms with Crippen molar-refractivity contribution in [3.05, 3.63) is 0 Å². The first-order chi connectivity index (χ1) is 8.27. The average molecular weight is 252 g/mol. The Kier molecular flexibility index (Phi) is 4.80. The lowest BCUT2D eigenvalue weighted by Gasteiger charge is -2.51. The van der Waals surface area contributed by atoms with Gasteiger partial charge in [-0.25, -0.2) is 0 Å². The quantitative estimate of drug-likeness (QED) is 0.770. The number of nitrogens with zero attached hydrogens (tertiary/aromatic N) is 2. The van der Waals surface area contributed by atoms with Gasteiger partial charge in [0.2, 0.25) is 0 Å². The van der Waals surface area contributed by atoms with E-state index in [-0.39, 0.29) is 12.0 Å². The van der Waals surface area contributed by atoms with Gasteiger partial charge in [-0.15, -0.1) is 0 Å². The highest BCUT2D eigenvalue weighted by Gasteiger charge is 2.50. The van der Waals surface area contributed by atoms with E-state index in [0.717, 1.165) is 12.8 Å². The predicted molar refractivity (Wildman–Crippen MR) is 73.1 cm³/mol. The summed E-state index contributed by atoms with van der Waals surface area (Å²) in [7, 11) is 0. The first-order valence-electron chi connectivity index (χ1n) is 7.17. The average Bonchev–Trinajstić information content (AvgIpc) is 2.37. The zero-order valence-electron chi connectivity index (χ0n) is 12.5. The van der Waals surface area contributed by atoms with E-state index in [2.05, 4.69) is 19.9 Å². The van der Waals surface area contributed by atoms with Gasteiger partial charge in [-0.05, 0) is 39.5 Å². The maximum atomic E-state index is 10.7. The second-order valence-corrected chi connectivity index (χ2v) is 6.68. The van der Waals surface area contributed by atoms with Crippen LogP contribution in [0.25, 0.3) is 0 Å². The van der Waals surface area contributed by atoms with Gasteiger partial charge in [0, 0.05) is 6.04 Å². The first-order valence-corrected chi connectivity index (χ1v) is 7.17. The molecule has 1 saturated carbocycles. The fourth-order valence-electron chi connectivity index (χ4n) is 3.09. The van der Waals surface area contributed by atoms with Gasteiger partial charge in [-0.1, -0.05) is 33.1 Å². The summed E-state index contributed by atoms with van der Waals surface area (Å²) in [6.07, 6.45) is 5.72. The molecule has 0 amide bonds. The van der Waals surface area contributed by atoms with E-state index < -0.39 is 11.0 Å². The lowest BCUT2D eigenvalue weighted by molar-refractivity contribution is -0.241. The van der Waals surface area contributed by atoms with Crippen LogP contribution in [0.4, 0.5) is 0 Å². The minimum Gasteiger partial charge on any atom is -0.313 e. The summed E-state index contributed by atoms with van der Waals surface area (Å²) >= 11 is 0. The second-order valence-electron chi connectivity index (χ2n) is 6.68. The molecule has 3 heteroatoms. The Bertz CT molecular complexity index is 313. The Hall–Kier alpha value is -0.590. The standard InChI is InChI=1S/C15H28N2O/c1-12(2)15(5,14(3,4)11-16)17(18)13-9-7-6-8-10-13/h12-13,18H,6-10H2,1-5H3. The summed E-state index contributed by atoms with van der Waals surface area (Å²) in [5.41, 5.74) is -1.09. The molecule has 0 bridgehead atoms. The minimum atomic E-state index is -0.576. The molecule has 1 atom stereocenters. The normalized spacial score (nSPS) is 21.9. The van der Waals surface area contributed by atoms with Crippen LogP contribution in [0.1, 0.15) is 66.7 Å². The zero-order valence-corrected chi connectivity index (χ0v) is 12.5. The van der Waals surface area contributed by atoms with Crippen molar-refractivity contribution >= 4 is 0 Å². The smallest absolute Gasteiger partial charge is 0.0724 e. The van der Waals surface area contributed by atoms with Gasteiger partial charge in [0.05, 0.1) is 17.0 Å². The van der Waals surface area contributed by atoms with Crippen LogP contribution in [0, 0.1) is 22.7 Å². The van der Waals surface area contributed by atoms with Crippen molar-refractivity contribution in [2.45, 2.75) is 78.3 Å². The Labute approximate surface area is 112 Å². The molecular weight excluding hydrogens is 224 g/mol. The van der Waals surface area contributed by atoms with Crippen molar-refractivity contribution in [2.24, 2.45) is 11.3 Å². The Balaban J connectivity index is 3.01. The number of rotatable bonds is 4. The third-order valence-corrected chi connectivity index (χ3v) is 5.07. The second kappa shape index (κ2) is 5.59. The molecule has 0 heterocycles. The van der Waals surface area contributed by atoms with E-state index in [9.17, 15) is 10.5 Å². The molecule has 0 aliphatic heterocycles. The summed E-state index contributed by atoms with van der Waals surface area (Å²) in [5.74, 6) is 0.221.